The highest BCUT2D eigenvalue weighted by atomic mass is 32.1. The molecule has 2 aliphatic rings. The van der Waals surface area contributed by atoms with Gasteiger partial charge in [-0.2, -0.15) is 10.1 Å². The summed E-state index contributed by atoms with van der Waals surface area (Å²) in [6.45, 7) is 4.34. The second-order valence-electron chi connectivity index (χ2n) is 8.27. The Hall–Kier alpha value is -3.04. The largest absolute Gasteiger partial charge is 0.507 e. The zero-order valence-electron chi connectivity index (χ0n) is 16.3. The number of H-pyrrole nitrogens is 1. The molecular weight excluding hydrogens is 398 g/mol. The van der Waals surface area contributed by atoms with E-state index in [0.717, 1.165) is 47.1 Å². The van der Waals surface area contributed by atoms with Crippen LogP contribution in [0.1, 0.15) is 12.8 Å². The molecule has 4 aromatic rings. The lowest BCUT2D eigenvalue weighted by atomic mass is 9.74. The molecule has 2 saturated heterocycles. The number of aromatic nitrogens is 5. The first-order valence-electron chi connectivity index (χ1n) is 10.1. The molecule has 5 heterocycles. The quantitative estimate of drug-likeness (QED) is 0.469. The summed E-state index contributed by atoms with van der Waals surface area (Å²) in [4.78, 5) is 7.04. The van der Waals surface area contributed by atoms with Crippen molar-refractivity contribution in [1.29, 1.82) is 0 Å². The second kappa shape index (κ2) is 6.75. The number of anilines is 1. The first kappa shape index (κ1) is 17.8. The summed E-state index contributed by atoms with van der Waals surface area (Å²) in [5.41, 5.74) is 4.19. The number of piperidine rings is 1. The summed E-state index contributed by atoms with van der Waals surface area (Å²) in [5.74, 6) is 0.168. The van der Waals surface area contributed by atoms with Crippen LogP contribution in [0.2, 0.25) is 0 Å². The molecule has 0 radical (unpaired) electrons. The fourth-order valence-electron chi connectivity index (χ4n) is 4.53. The fourth-order valence-corrected chi connectivity index (χ4v) is 5.47. The van der Waals surface area contributed by atoms with E-state index in [2.05, 4.69) is 30.6 Å². The number of fused-ring (bicyclic) bond motifs is 1. The van der Waals surface area contributed by atoms with Gasteiger partial charge >= 0.3 is 0 Å². The maximum absolute atomic E-state index is 10.6. The Labute approximate surface area is 177 Å². The zero-order chi connectivity index (χ0) is 20.1. The molecule has 0 bridgehead atoms. The molecule has 152 valence electrons. The SMILES string of the molecule is Oc1cc(-c2cn[nH]c2)ccc1-c1cc2sc(N3CC4(CCCNC4)C3)nc2nn1. The third-order valence-electron chi connectivity index (χ3n) is 6.13. The van der Waals surface area contributed by atoms with Crippen LogP contribution in [0.5, 0.6) is 5.75 Å². The van der Waals surface area contributed by atoms with Crippen LogP contribution in [-0.4, -0.2) is 56.7 Å². The van der Waals surface area contributed by atoms with Crippen molar-refractivity contribution in [1.82, 2.24) is 30.7 Å². The topological polar surface area (TPSA) is 103 Å². The van der Waals surface area contributed by atoms with Crippen LogP contribution >= 0.6 is 11.3 Å². The van der Waals surface area contributed by atoms with Crippen molar-refractivity contribution in [2.75, 3.05) is 31.1 Å². The van der Waals surface area contributed by atoms with Gasteiger partial charge in [0.25, 0.3) is 0 Å². The number of nitrogens with one attached hydrogen (secondary N) is 2. The summed E-state index contributed by atoms with van der Waals surface area (Å²) in [6, 6.07) is 7.50. The van der Waals surface area contributed by atoms with Gasteiger partial charge in [0, 0.05) is 42.4 Å². The number of thiazole rings is 1. The lowest BCUT2D eigenvalue weighted by Crippen LogP contribution is -2.62. The Morgan fingerprint density at radius 1 is 1.13 bits per heavy atom. The van der Waals surface area contributed by atoms with Gasteiger partial charge in [-0.3, -0.25) is 5.10 Å². The third-order valence-corrected chi connectivity index (χ3v) is 7.18. The Balaban J connectivity index is 1.27. The smallest absolute Gasteiger partial charge is 0.194 e. The average Bonchev–Trinajstić information content (AvgIpc) is 3.42. The van der Waals surface area contributed by atoms with Crippen molar-refractivity contribution < 1.29 is 5.11 Å². The van der Waals surface area contributed by atoms with Gasteiger partial charge < -0.3 is 15.3 Å². The lowest BCUT2D eigenvalue weighted by Gasteiger charge is -2.52. The van der Waals surface area contributed by atoms with E-state index in [4.69, 9.17) is 4.98 Å². The standard InChI is InChI=1S/C21H21N7OS/c29-17-6-13(14-8-23-24-9-14)2-3-15(17)16-7-18-19(27-26-16)25-20(30-18)28-11-21(12-28)4-1-5-22-10-21/h2-3,6-9,22,29H,1,4-5,10-12H2,(H,23,24). The highest BCUT2D eigenvalue weighted by Gasteiger charge is 2.44. The molecule has 2 fully saturated rings. The van der Waals surface area contributed by atoms with Crippen LogP contribution in [0, 0.1) is 5.41 Å². The molecule has 30 heavy (non-hydrogen) atoms. The first-order valence-corrected chi connectivity index (χ1v) is 10.9. The van der Waals surface area contributed by atoms with Gasteiger partial charge in [0.05, 0.1) is 16.6 Å². The normalized spacial score (nSPS) is 18.1. The third kappa shape index (κ3) is 2.93. The molecule has 3 aromatic heterocycles. The fraction of sp³-hybridized carbons (Fsp3) is 0.333. The Bertz CT molecular complexity index is 1210. The zero-order valence-corrected chi connectivity index (χ0v) is 17.1. The van der Waals surface area contributed by atoms with Gasteiger partial charge in [-0.1, -0.05) is 17.4 Å². The van der Waals surface area contributed by atoms with Crippen LogP contribution < -0.4 is 10.2 Å². The predicted octanol–water partition coefficient (Wildman–Crippen LogP) is 3.04. The van der Waals surface area contributed by atoms with Crippen LogP contribution in [0.4, 0.5) is 5.13 Å². The number of phenolic OH excluding ortho intramolecular Hbond substituents is 1. The van der Waals surface area contributed by atoms with E-state index >= 15 is 0 Å². The van der Waals surface area contributed by atoms with E-state index in [1.54, 1.807) is 29.8 Å². The minimum Gasteiger partial charge on any atom is -0.507 e. The molecule has 6 rings (SSSR count). The Morgan fingerprint density at radius 2 is 2.07 bits per heavy atom. The molecule has 8 nitrogen and oxygen atoms in total. The van der Waals surface area contributed by atoms with E-state index in [1.807, 2.05) is 18.2 Å². The molecule has 3 N–H and O–H groups in total. The van der Waals surface area contributed by atoms with Gasteiger partial charge in [-0.25, -0.2) is 0 Å². The molecule has 0 aliphatic carbocycles. The molecule has 1 spiro atoms. The second-order valence-corrected chi connectivity index (χ2v) is 9.28. The maximum Gasteiger partial charge on any atom is 0.194 e. The minimum absolute atomic E-state index is 0.168. The van der Waals surface area contributed by atoms with Crippen molar-refractivity contribution >= 4 is 26.8 Å². The summed E-state index contributed by atoms with van der Waals surface area (Å²) < 4.78 is 0.982. The lowest BCUT2D eigenvalue weighted by molar-refractivity contribution is 0.157. The summed E-state index contributed by atoms with van der Waals surface area (Å²) in [6.07, 6.45) is 6.07. The van der Waals surface area contributed by atoms with E-state index in [-0.39, 0.29) is 5.75 Å². The van der Waals surface area contributed by atoms with Gasteiger partial charge in [-0.15, -0.1) is 10.2 Å². The highest BCUT2D eigenvalue weighted by molar-refractivity contribution is 7.22. The van der Waals surface area contributed by atoms with E-state index in [9.17, 15) is 5.11 Å². The van der Waals surface area contributed by atoms with E-state index in [0.29, 0.717) is 22.3 Å². The number of aromatic amines is 1. The van der Waals surface area contributed by atoms with Crippen molar-refractivity contribution in [2.45, 2.75) is 12.8 Å². The molecular formula is C21H21N7OS. The van der Waals surface area contributed by atoms with E-state index in [1.165, 1.54) is 12.8 Å². The predicted molar refractivity (Wildman–Crippen MR) is 117 cm³/mol. The van der Waals surface area contributed by atoms with Gasteiger partial charge in [-0.05, 0) is 43.1 Å². The molecule has 0 atom stereocenters. The number of hydrogen-bond acceptors (Lipinski definition) is 8. The van der Waals surface area contributed by atoms with Crippen LogP contribution in [0.25, 0.3) is 32.7 Å². The number of rotatable bonds is 3. The number of aromatic hydroxyl groups is 1. The highest BCUT2D eigenvalue weighted by Crippen LogP contribution is 2.42. The number of nitrogens with zero attached hydrogens (tertiary/aromatic N) is 5. The molecule has 0 unspecified atom stereocenters. The van der Waals surface area contributed by atoms with Crippen molar-refractivity contribution in [2.24, 2.45) is 5.41 Å². The van der Waals surface area contributed by atoms with Crippen LogP contribution in [0.15, 0.2) is 36.7 Å². The van der Waals surface area contributed by atoms with Crippen molar-refractivity contribution in [3.63, 3.8) is 0 Å². The minimum atomic E-state index is 0.168. The summed E-state index contributed by atoms with van der Waals surface area (Å²) in [7, 11) is 0. The molecule has 0 saturated carbocycles. The maximum atomic E-state index is 10.6. The van der Waals surface area contributed by atoms with Crippen molar-refractivity contribution in [3.8, 4) is 28.1 Å². The van der Waals surface area contributed by atoms with Gasteiger partial charge in [0.15, 0.2) is 10.8 Å². The molecule has 1 aromatic carbocycles. The van der Waals surface area contributed by atoms with Crippen LogP contribution in [0.3, 0.4) is 0 Å². The molecule has 2 aliphatic heterocycles. The Kier molecular flexibility index (Phi) is 4.00. The Morgan fingerprint density at radius 3 is 2.83 bits per heavy atom. The molecule has 9 heteroatoms. The van der Waals surface area contributed by atoms with Crippen LogP contribution in [-0.2, 0) is 0 Å². The first-order chi connectivity index (χ1) is 14.7. The van der Waals surface area contributed by atoms with Crippen molar-refractivity contribution in [3.05, 3.63) is 36.7 Å². The van der Waals surface area contributed by atoms with Gasteiger partial charge in [0.1, 0.15) is 5.75 Å². The number of phenols is 1. The molecule has 0 amide bonds. The number of hydrogen-bond donors (Lipinski definition) is 3. The summed E-state index contributed by atoms with van der Waals surface area (Å²) >= 11 is 1.64. The van der Waals surface area contributed by atoms with Gasteiger partial charge in [0.2, 0.25) is 0 Å². The monoisotopic (exact) mass is 419 g/mol. The summed E-state index contributed by atoms with van der Waals surface area (Å²) in [5, 5.41) is 30.5. The average molecular weight is 420 g/mol. The number of benzene rings is 1. The van der Waals surface area contributed by atoms with E-state index < -0.39 is 0 Å².